The highest BCUT2D eigenvalue weighted by atomic mass is 15.0. The molecule has 4 aromatic carbocycles. The summed E-state index contributed by atoms with van der Waals surface area (Å²) < 4.78 is 2.48. The molecule has 0 amide bonds. The van der Waals surface area contributed by atoms with Crippen molar-refractivity contribution in [2.45, 2.75) is 20.3 Å². The van der Waals surface area contributed by atoms with E-state index in [-0.39, 0.29) is 0 Å². The molecule has 0 radical (unpaired) electrons. The van der Waals surface area contributed by atoms with Gasteiger partial charge in [0.15, 0.2) is 0 Å². The van der Waals surface area contributed by atoms with E-state index in [9.17, 15) is 0 Å². The summed E-state index contributed by atoms with van der Waals surface area (Å²) in [6.45, 7) is 4.52. The minimum atomic E-state index is 0.554. The van der Waals surface area contributed by atoms with Crippen molar-refractivity contribution < 1.29 is 0 Å². The summed E-state index contributed by atoms with van der Waals surface area (Å²) >= 11 is 0. The molecule has 0 aliphatic heterocycles. The summed E-state index contributed by atoms with van der Waals surface area (Å²) in [5, 5.41) is 5.18. The van der Waals surface area contributed by atoms with E-state index in [2.05, 4.69) is 120 Å². The molecule has 0 bridgehead atoms. The number of nitrogens with one attached hydrogen (secondary N) is 1. The van der Waals surface area contributed by atoms with Gasteiger partial charge in [-0.05, 0) is 72.9 Å². The minimum Gasteiger partial charge on any atom is -0.355 e. The fourth-order valence-electron chi connectivity index (χ4n) is 5.85. The first-order valence-electron chi connectivity index (χ1n) is 12.1. The molecule has 6 aromatic rings. The van der Waals surface area contributed by atoms with Gasteiger partial charge in [0, 0.05) is 38.3 Å². The average molecular weight is 439 g/mol. The SMILES string of the molecule is CC1=CC(C)CC(n2c3ccccc3c3cc(-c4ccc5[nH]c6ccccc6c5c4)ccc32)=C1. The molecule has 1 unspecified atom stereocenters. The largest absolute Gasteiger partial charge is 0.355 e. The van der Waals surface area contributed by atoms with Gasteiger partial charge in [0.2, 0.25) is 0 Å². The summed E-state index contributed by atoms with van der Waals surface area (Å²) in [6, 6.07) is 31.1. The van der Waals surface area contributed by atoms with E-state index in [0.29, 0.717) is 5.92 Å². The molecule has 164 valence electrons. The van der Waals surface area contributed by atoms with Gasteiger partial charge in [0.05, 0.1) is 11.0 Å². The first kappa shape index (κ1) is 19.4. The first-order chi connectivity index (χ1) is 16.7. The Morgan fingerprint density at radius 2 is 1.38 bits per heavy atom. The maximum atomic E-state index is 3.54. The Hall–Kier alpha value is -4.04. The zero-order valence-electron chi connectivity index (χ0n) is 19.5. The van der Waals surface area contributed by atoms with Gasteiger partial charge in [-0.2, -0.15) is 0 Å². The quantitative estimate of drug-likeness (QED) is 0.279. The Balaban J connectivity index is 1.45. The van der Waals surface area contributed by atoms with Crippen LogP contribution in [0.3, 0.4) is 0 Å². The third-order valence-electron chi connectivity index (χ3n) is 7.27. The lowest BCUT2D eigenvalue weighted by atomic mass is 9.96. The van der Waals surface area contributed by atoms with Crippen molar-refractivity contribution >= 4 is 49.3 Å². The number of allylic oxidation sites excluding steroid dienone is 4. The predicted octanol–water partition coefficient (Wildman–Crippen LogP) is 8.92. The second-order valence-corrected chi connectivity index (χ2v) is 9.74. The van der Waals surface area contributed by atoms with Gasteiger partial charge in [0.25, 0.3) is 0 Å². The predicted molar refractivity (Wildman–Crippen MR) is 146 cm³/mol. The second kappa shape index (κ2) is 7.23. The van der Waals surface area contributed by atoms with Crippen LogP contribution in [0.1, 0.15) is 20.3 Å². The summed E-state index contributed by atoms with van der Waals surface area (Å²) in [6.07, 6.45) is 5.78. The standard InChI is InChI=1S/C32H26N2/c1-20-15-21(2)17-24(16-20)34-31-10-6-4-8-26(31)28-19-23(12-14-32(28)34)22-11-13-30-27(18-22)25-7-3-5-9-29(25)33-30/h3-16,18-19,21,33H,17H2,1-2H3. The van der Waals surface area contributed by atoms with Crippen LogP contribution in [0.25, 0.3) is 60.4 Å². The number of hydrogen-bond acceptors (Lipinski definition) is 0. The third kappa shape index (κ3) is 2.88. The Morgan fingerprint density at radius 3 is 2.24 bits per heavy atom. The Labute approximate surface area is 198 Å². The van der Waals surface area contributed by atoms with Gasteiger partial charge in [-0.15, -0.1) is 0 Å². The normalized spacial score (nSPS) is 16.5. The number of fused-ring (bicyclic) bond motifs is 6. The molecule has 2 nitrogen and oxygen atoms in total. The number of nitrogens with zero attached hydrogens (tertiary/aromatic N) is 1. The number of rotatable bonds is 2. The molecule has 0 saturated heterocycles. The summed E-state index contributed by atoms with van der Waals surface area (Å²) in [7, 11) is 0. The first-order valence-corrected chi connectivity index (χ1v) is 12.1. The number of para-hydroxylation sites is 2. The van der Waals surface area contributed by atoms with Gasteiger partial charge < -0.3 is 9.55 Å². The van der Waals surface area contributed by atoms with Crippen LogP contribution < -0.4 is 0 Å². The lowest BCUT2D eigenvalue weighted by Crippen LogP contribution is -2.05. The van der Waals surface area contributed by atoms with Crippen molar-refractivity contribution in [2.75, 3.05) is 0 Å². The molecule has 1 N–H and O–H groups in total. The van der Waals surface area contributed by atoms with Gasteiger partial charge in [0.1, 0.15) is 0 Å². The highest BCUT2D eigenvalue weighted by Crippen LogP contribution is 2.38. The molecule has 0 spiro atoms. The van der Waals surface area contributed by atoms with Gasteiger partial charge in [-0.1, -0.05) is 67.1 Å². The lowest BCUT2D eigenvalue weighted by Gasteiger charge is -2.20. The highest BCUT2D eigenvalue weighted by molar-refractivity contribution is 6.12. The average Bonchev–Trinajstić information content (AvgIpc) is 3.38. The molecular formula is C32H26N2. The zero-order valence-corrected chi connectivity index (χ0v) is 19.5. The van der Waals surface area contributed by atoms with Gasteiger partial charge >= 0.3 is 0 Å². The highest BCUT2D eigenvalue weighted by Gasteiger charge is 2.18. The van der Waals surface area contributed by atoms with Crippen molar-refractivity contribution in [3.63, 3.8) is 0 Å². The van der Waals surface area contributed by atoms with Crippen molar-refractivity contribution in [2.24, 2.45) is 5.92 Å². The van der Waals surface area contributed by atoms with Crippen LogP contribution in [0, 0.1) is 5.92 Å². The number of benzene rings is 4. The zero-order chi connectivity index (χ0) is 22.8. The molecule has 0 fully saturated rings. The van der Waals surface area contributed by atoms with E-state index < -0.39 is 0 Å². The summed E-state index contributed by atoms with van der Waals surface area (Å²) in [5.74, 6) is 0.554. The maximum absolute atomic E-state index is 3.54. The van der Waals surface area contributed by atoms with Crippen molar-refractivity contribution in [1.82, 2.24) is 9.55 Å². The Morgan fingerprint density at radius 1 is 0.706 bits per heavy atom. The van der Waals surface area contributed by atoms with Crippen LogP contribution in [-0.4, -0.2) is 9.55 Å². The van der Waals surface area contributed by atoms with E-state index in [1.165, 1.54) is 66.0 Å². The molecule has 1 aliphatic carbocycles. The smallest absolute Gasteiger partial charge is 0.0538 e. The van der Waals surface area contributed by atoms with Crippen molar-refractivity contribution in [3.8, 4) is 11.1 Å². The molecule has 0 saturated carbocycles. The fraction of sp³-hybridized carbons (Fsp3) is 0.125. The fourth-order valence-corrected chi connectivity index (χ4v) is 5.85. The maximum Gasteiger partial charge on any atom is 0.0538 e. The van der Waals surface area contributed by atoms with E-state index >= 15 is 0 Å². The Bertz CT molecular complexity index is 1810. The number of H-pyrrole nitrogens is 1. The molecule has 2 heteroatoms. The van der Waals surface area contributed by atoms with Crippen LogP contribution in [-0.2, 0) is 0 Å². The van der Waals surface area contributed by atoms with Crippen LogP contribution in [0.5, 0.6) is 0 Å². The van der Waals surface area contributed by atoms with Crippen LogP contribution in [0.2, 0.25) is 0 Å². The number of aromatic amines is 1. The molecular weight excluding hydrogens is 412 g/mol. The van der Waals surface area contributed by atoms with Gasteiger partial charge in [-0.3, -0.25) is 0 Å². The topological polar surface area (TPSA) is 20.7 Å². The van der Waals surface area contributed by atoms with Crippen LogP contribution in [0.4, 0.5) is 0 Å². The van der Waals surface area contributed by atoms with E-state index in [1.807, 2.05) is 0 Å². The molecule has 34 heavy (non-hydrogen) atoms. The van der Waals surface area contributed by atoms with Crippen LogP contribution in [0.15, 0.2) is 103 Å². The van der Waals surface area contributed by atoms with E-state index in [1.54, 1.807) is 0 Å². The van der Waals surface area contributed by atoms with E-state index in [4.69, 9.17) is 0 Å². The summed E-state index contributed by atoms with van der Waals surface area (Å²) in [4.78, 5) is 3.54. The minimum absolute atomic E-state index is 0.554. The monoisotopic (exact) mass is 438 g/mol. The number of aromatic nitrogens is 2. The summed E-state index contributed by atoms with van der Waals surface area (Å²) in [5.41, 5.74) is 10.2. The van der Waals surface area contributed by atoms with Crippen LogP contribution >= 0.6 is 0 Å². The third-order valence-corrected chi connectivity index (χ3v) is 7.27. The van der Waals surface area contributed by atoms with Crippen molar-refractivity contribution in [3.05, 3.63) is 103 Å². The van der Waals surface area contributed by atoms with Gasteiger partial charge in [-0.25, -0.2) is 0 Å². The van der Waals surface area contributed by atoms with E-state index in [0.717, 1.165) is 6.42 Å². The molecule has 1 atom stereocenters. The second-order valence-electron chi connectivity index (χ2n) is 9.74. The molecule has 2 aromatic heterocycles. The molecule has 7 rings (SSSR count). The lowest BCUT2D eigenvalue weighted by molar-refractivity contribution is 0.723. The molecule has 1 aliphatic rings. The Kier molecular flexibility index (Phi) is 4.13. The molecule has 2 heterocycles. The number of hydrogen-bond donors (Lipinski definition) is 1. The van der Waals surface area contributed by atoms with Crippen molar-refractivity contribution in [1.29, 1.82) is 0 Å².